The summed E-state index contributed by atoms with van der Waals surface area (Å²) >= 11 is 0. The molecule has 14 heavy (non-hydrogen) atoms. The van der Waals surface area contributed by atoms with Crippen LogP contribution in [0, 0.1) is 5.92 Å². The van der Waals surface area contributed by atoms with Crippen LogP contribution in [0.2, 0.25) is 0 Å². The highest BCUT2D eigenvalue weighted by atomic mass is 16.5. The van der Waals surface area contributed by atoms with Crippen LogP contribution in [-0.2, 0) is 4.74 Å². The molecule has 0 aromatic rings. The summed E-state index contributed by atoms with van der Waals surface area (Å²) in [6.45, 7) is 7.57. The Labute approximate surface area is 88.7 Å². The third-order valence-electron chi connectivity index (χ3n) is 2.78. The molecular formula is C12H26O2. The third kappa shape index (κ3) is 6.39. The monoisotopic (exact) mass is 202 g/mol. The maximum Gasteiger partial charge on any atom is 0.0572 e. The minimum absolute atomic E-state index is 0.296. The fourth-order valence-corrected chi connectivity index (χ4v) is 1.55. The van der Waals surface area contributed by atoms with Crippen molar-refractivity contribution in [3.8, 4) is 0 Å². The molecule has 1 N–H and O–H groups in total. The van der Waals surface area contributed by atoms with E-state index in [1.165, 1.54) is 6.42 Å². The molecule has 2 unspecified atom stereocenters. The Hall–Kier alpha value is -0.0800. The summed E-state index contributed by atoms with van der Waals surface area (Å²) in [6.07, 6.45) is 5.92. The number of ether oxygens (including phenoxy) is 1. The van der Waals surface area contributed by atoms with Crippen LogP contribution in [0.1, 0.15) is 52.9 Å². The first-order valence-corrected chi connectivity index (χ1v) is 6.00. The zero-order valence-corrected chi connectivity index (χ0v) is 9.96. The van der Waals surface area contributed by atoms with E-state index in [9.17, 15) is 0 Å². The number of aliphatic hydroxyl groups excluding tert-OH is 1. The lowest BCUT2D eigenvalue weighted by molar-refractivity contribution is 0.0312. The first-order chi connectivity index (χ1) is 6.78. The molecule has 0 aliphatic rings. The summed E-state index contributed by atoms with van der Waals surface area (Å²) in [5.74, 6) is 0.425. The smallest absolute Gasteiger partial charge is 0.0572 e. The molecule has 0 spiro atoms. The Balaban J connectivity index is 3.48. The number of aliphatic hydroxyl groups is 1. The predicted molar refractivity (Wildman–Crippen MR) is 60.4 cm³/mol. The lowest BCUT2D eigenvalue weighted by Crippen LogP contribution is -2.15. The normalized spacial score (nSPS) is 15.4. The van der Waals surface area contributed by atoms with E-state index < -0.39 is 0 Å². The first kappa shape index (κ1) is 13.9. The van der Waals surface area contributed by atoms with Crippen molar-refractivity contribution >= 4 is 0 Å². The maximum atomic E-state index is 9.00. The van der Waals surface area contributed by atoms with Gasteiger partial charge in [0.25, 0.3) is 0 Å². The standard InChI is InChI=1S/C12H26O2/c1-4-7-12(6-3)14-9-8-11(5-2)10-13/h11-13H,4-10H2,1-3H3. The van der Waals surface area contributed by atoms with Crippen LogP contribution in [0.15, 0.2) is 0 Å². The van der Waals surface area contributed by atoms with Crippen molar-refractivity contribution in [3.05, 3.63) is 0 Å². The molecule has 0 aliphatic heterocycles. The van der Waals surface area contributed by atoms with E-state index in [4.69, 9.17) is 9.84 Å². The molecule has 0 rings (SSSR count). The van der Waals surface area contributed by atoms with Crippen molar-refractivity contribution in [2.45, 2.75) is 59.0 Å². The molecule has 2 heteroatoms. The van der Waals surface area contributed by atoms with Crippen molar-refractivity contribution in [1.82, 2.24) is 0 Å². The Kier molecular flexibility index (Phi) is 9.42. The minimum atomic E-state index is 0.296. The van der Waals surface area contributed by atoms with Crippen LogP contribution in [0.25, 0.3) is 0 Å². The molecule has 0 aromatic carbocycles. The summed E-state index contributed by atoms with van der Waals surface area (Å²) in [5.41, 5.74) is 0. The predicted octanol–water partition coefficient (Wildman–Crippen LogP) is 2.99. The van der Waals surface area contributed by atoms with Crippen molar-refractivity contribution in [3.63, 3.8) is 0 Å². The highest BCUT2D eigenvalue weighted by Crippen LogP contribution is 2.11. The minimum Gasteiger partial charge on any atom is -0.396 e. The lowest BCUT2D eigenvalue weighted by atomic mass is 10.0. The fourth-order valence-electron chi connectivity index (χ4n) is 1.55. The Morgan fingerprint density at radius 1 is 1.07 bits per heavy atom. The van der Waals surface area contributed by atoms with Gasteiger partial charge in [0.15, 0.2) is 0 Å². The van der Waals surface area contributed by atoms with Crippen molar-refractivity contribution < 1.29 is 9.84 Å². The average molecular weight is 202 g/mol. The molecule has 0 heterocycles. The molecule has 0 aromatic heterocycles. The number of hydrogen-bond acceptors (Lipinski definition) is 2. The summed E-state index contributed by atoms with van der Waals surface area (Å²) < 4.78 is 5.75. The molecule has 0 saturated heterocycles. The molecule has 0 saturated carbocycles. The van der Waals surface area contributed by atoms with Crippen molar-refractivity contribution in [1.29, 1.82) is 0 Å². The highest BCUT2D eigenvalue weighted by Gasteiger charge is 2.08. The quantitative estimate of drug-likeness (QED) is 0.623. The van der Waals surface area contributed by atoms with Crippen LogP contribution in [0.3, 0.4) is 0 Å². The van der Waals surface area contributed by atoms with Crippen LogP contribution in [-0.4, -0.2) is 24.4 Å². The van der Waals surface area contributed by atoms with Crippen LogP contribution >= 0.6 is 0 Å². The summed E-state index contributed by atoms with van der Waals surface area (Å²) in [6, 6.07) is 0. The van der Waals surface area contributed by atoms with Crippen LogP contribution in [0.4, 0.5) is 0 Å². The molecule has 0 amide bonds. The molecule has 0 fully saturated rings. The Bertz CT molecular complexity index is 111. The van der Waals surface area contributed by atoms with Gasteiger partial charge in [-0.3, -0.25) is 0 Å². The largest absolute Gasteiger partial charge is 0.396 e. The lowest BCUT2D eigenvalue weighted by Gasteiger charge is -2.17. The maximum absolute atomic E-state index is 9.00. The molecule has 2 atom stereocenters. The van der Waals surface area contributed by atoms with Gasteiger partial charge < -0.3 is 9.84 Å². The van der Waals surface area contributed by atoms with Crippen LogP contribution in [0.5, 0.6) is 0 Å². The van der Waals surface area contributed by atoms with E-state index in [-0.39, 0.29) is 0 Å². The second-order valence-electron chi connectivity index (χ2n) is 3.94. The van der Waals surface area contributed by atoms with E-state index in [1.807, 2.05) is 0 Å². The Morgan fingerprint density at radius 2 is 1.79 bits per heavy atom. The van der Waals surface area contributed by atoms with Gasteiger partial charge in [-0.2, -0.15) is 0 Å². The third-order valence-corrected chi connectivity index (χ3v) is 2.78. The summed E-state index contributed by atoms with van der Waals surface area (Å²) in [4.78, 5) is 0. The second kappa shape index (κ2) is 9.47. The van der Waals surface area contributed by atoms with Gasteiger partial charge in [0.1, 0.15) is 0 Å². The van der Waals surface area contributed by atoms with Gasteiger partial charge >= 0.3 is 0 Å². The van der Waals surface area contributed by atoms with Crippen molar-refractivity contribution in [2.24, 2.45) is 5.92 Å². The van der Waals surface area contributed by atoms with Gasteiger partial charge in [-0.1, -0.05) is 33.6 Å². The van der Waals surface area contributed by atoms with E-state index in [0.29, 0.717) is 18.6 Å². The molecule has 2 nitrogen and oxygen atoms in total. The van der Waals surface area contributed by atoms with Gasteiger partial charge in [-0.15, -0.1) is 0 Å². The molecule has 0 radical (unpaired) electrons. The zero-order chi connectivity index (χ0) is 10.8. The van der Waals surface area contributed by atoms with E-state index in [2.05, 4.69) is 20.8 Å². The van der Waals surface area contributed by atoms with E-state index in [1.54, 1.807) is 0 Å². The van der Waals surface area contributed by atoms with Crippen molar-refractivity contribution in [2.75, 3.05) is 13.2 Å². The second-order valence-corrected chi connectivity index (χ2v) is 3.94. The van der Waals surface area contributed by atoms with Gasteiger partial charge in [-0.05, 0) is 25.2 Å². The average Bonchev–Trinajstić information content (AvgIpc) is 2.23. The van der Waals surface area contributed by atoms with Gasteiger partial charge in [0, 0.05) is 13.2 Å². The zero-order valence-electron chi connectivity index (χ0n) is 9.96. The topological polar surface area (TPSA) is 29.5 Å². The van der Waals surface area contributed by atoms with Gasteiger partial charge in [0.05, 0.1) is 6.10 Å². The SMILES string of the molecule is CCCC(CC)OCCC(CC)CO. The molecule has 86 valence electrons. The molecule has 0 bridgehead atoms. The van der Waals surface area contributed by atoms with E-state index >= 15 is 0 Å². The van der Waals surface area contributed by atoms with E-state index in [0.717, 1.165) is 32.3 Å². The summed E-state index contributed by atoms with van der Waals surface area (Å²) in [7, 11) is 0. The molecular weight excluding hydrogens is 176 g/mol. The Morgan fingerprint density at radius 3 is 2.21 bits per heavy atom. The number of rotatable bonds is 9. The first-order valence-electron chi connectivity index (χ1n) is 6.00. The van der Waals surface area contributed by atoms with Gasteiger partial charge in [-0.25, -0.2) is 0 Å². The molecule has 0 aliphatic carbocycles. The highest BCUT2D eigenvalue weighted by molar-refractivity contribution is 4.57. The van der Waals surface area contributed by atoms with Gasteiger partial charge in [0.2, 0.25) is 0 Å². The van der Waals surface area contributed by atoms with Crippen LogP contribution < -0.4 is 0 Å². The summed E-state index contributed by atoms with van der Waals surface area (Å²) in [5, 5.41) is 9.00. The number of hydrogen-bond donors (Lipinski definition) is 1. The fraction of sp³-hybridized carbons (Fsp3) is 1.00.